The van der Waals surface area contributed by atoms with Crippen LogP contribution in [0.2, 0.25) is 0 Å². The summed E-state index contributed by atoms with van der Waals surface area (Å²) in [5.41, 5.74) is 2.40. The van der Waals surface area contributed by atoms with Crippen molar-refractivity contribution >= 4 is 40.5 Å². The zero-order chi connectivity index (χ0) is 19.8. The maximum absolute atomic E-state index is 12.2. The number of hydrogen-bond acceptors (Lipinski definition) is 4. The molecule has 0 fully saturated rings. The van der Waals surface area contributed by atoms with Crippen molar-refractivity contribution in [2.75, 3.05) is 10.6 Å². The van der Waals surface area contributed by atoms with Crippen LogP contribution in [0.15, 0.2) is 77.4 Å². The molecule has 0 spiro atoms. The second-order valence-electron chi connectivity index (χ2n) is 6.00. The number of carbonyl (C=O) groups excluding carboxylic acids is 2. The Bertz CT molecular complexity index is 956. The molecule has 1 heterocycles. The van der Waals surface area contributed by atoms with Gasteiger partial charge in [-0.25, -0.2) is 0 Å². The van der Waals surface area contributed by atoms with Crippen LogP contribution in [-0.4, -0.2) is 16.9 Å². The van der Waals surface area contributed by atoms with E-state index in [0.717, 1.165) is 5.56 Å². The van der Waals surface area contributed by atoms with Gasteiger partial charge in [-0.1, -0.05) is 36.4 Å². The largest absolute Gasteiger partial charge is 0.459 e. The first kappa shape index (κ1) is 19.3. The lowest BCUT2D eigenvalue weighted by Crippen LogP contribution is -2.33. The molecule has 0 bridgehead atoms. The molecular weight excluding hydrogens is 374 g/mol. The Kier molecular flexibility index (Phi) is 6.54. The van der Waals surface area contributed by atoms with E-state index in [1.165, 1.54) is 6.26 Å². The Balaban J connectivity index is 1.51. The summed E-state index contributed by atoms with van der Waals surface area (Å²) in [6, 6.07) is 20.1. The second kappa shape index (κ2) is 9.48. The number of carbonyl (C=O) groups is 2. The fourth-order valence-corrected chi connectivity index (χ4v) is 2.75. The molecule has 0 atom stereocenters. The number of nitrogens with one attached hydrogen (secondary N) is 3. The van der Waals surface area contributed by atoms with Gasteiger partial charge in [-0.15, -0.1) is 0 Å². The fourth-order valence-electron chi connectivity index (χ4n) is 2.54. The first-order valence-electron chi connectivity index (χ1n) is 8.70. The van der Waals surface area contributed by atoms with E-state index in [-0.39, 0.29) is 16.8 Å². The predicted molar refractivity (Wildman–Crippen MR) is 112 cm³/mol. The molecule has 3 rings (SSSR count). The molecule has 3 N–H and O–H groups in total. The lowest BCUT2D eigenvalue weighted by Gasteiger charge is -2.11. The molecule has 7 heteroatoms. The van der Waals surface area contributed by atoms with E-state index < -0.39 is 5.91 Å². The van der Waals surface area contributed by atoms with E-state index in [1.807, 2.05) is 30.3 Å². The van der Waals surface area contributed by atoms with Gasteiger partial charge in [0.05, 0.1) is 6.26 Å². The van der Waals surface area contributed by atoms with Crippen LogP contribution in [0, 0.1) is 0 Å². The predicted octanol–water partition coefficient (Wildman–Crippen LogP) is 3.98. The minimum Gasteiger partial charge on any atom is -0.459 e. The van der Waals surface area contributed by atoms with E-state index in [1.54, 1.807) is 36.4 Å². The van der Waals surface area contributed by atoms with Crippen molar-refractivity contribution in [1.82, 2.24) is 5.32 Å². The summed E-state index contributed by atoms with van der Waals surface area (Å²) in [7, 11) is 0. The maximum Gasteiger partial charge on any atom is 0.293 e. The highest BCUT2D eigenvalue weighted by molar-refractivity contribution is 7.80. The monoisotopic (exact) mass is 393 g/mol. The van der Waals surface area contributed by atoms with Crippen LogP contribution >= 0.6 is 12.2 Å². The molecule has 6 nitrogen and oxygen atoms in total. The number of benzene rings is 2. The first-order chi connectivity index (χ1) is 13.6. The van der Waals surface area contributed by atoms with Gasteiger partial charge in [-0.2, -0.15) is 0 Å². The van der Waals surface area contributed by atoms with E-state index in [2.05, 4.69) is 16.0 Å². The van der Waals surface area contributed by atoms with Gasteiger partial charge in [0.15, 0.2) is 10.9 Å². The second-order valence-corrected chi connectivity index (χ2v) is 6.41. The van der Waals surface area contributed by atoms with Gasteiger partial charge in [0.1, 0.15) is 0 Å². The molecule has 1 aromatic heterocycles. The van der Waals surface area contributed by atoms with Crippen molar-refractivity contribution < 1.29 is 14.0 Å². The summed E-state index contributed by atoms with van der Waals surface area (Å²) < 4.78 is 5.02. The molecular formula is C21H19N3O3S. The van der Waals surface area contributed by atoms with Crippen LogP contribution in [0.4, 0.5) is 11.4 Å². The third-order valence-electron chi connectivity index (χ3n) is 3.86. The number of amides is 2. The zero-order valence-corrected chi connectivity index (χ0v) is 15.8. The van der Waals surface area contributed by atoms with Gasteiger partial charge < -0.3 is 15.1 Å². The summed E-state index contributed by atoms with van der Waals surface area (Å²) in [5.74, 6) is -0.342. The molecule has 0 aliphatic rings. The molecule has 0 unspecified atom stereocenters. The van der Waals surface area contributed by atoms with Crippen molar-refractivity contribution in [1.29, 1.82) is 0 Å². The number of hydrogen-bond donors (Lipinski definition) is 3. The van der Waals surface area contributed by atoms with Crippen LogP contribution in [0.1, 0.15) is 22.5 Å². The third-order valence-corrected chi connectivity index (χ3v) is 4.06. The molecule has 28 heavy (non-hydrogen) atoms. The number of furan rings is 1. The molecule has 0 saturated carbocycles. The summed E-state index contributed by atoms with van der Waals surface area (Å²) in [5, 5.41) is 8.44. The Hall–Kier alpha value is -3.45. The summed E-state index contributed by atoms with van der Waals surface area (Å²) >= 11 is 5.14. The van der Waals surface area contributed by atoms with Crippen LogP contribution in [0.5, 0.6) is 0 Å². The SMILES string of the molecule is O=C(CCc1ccccc1)Nc1cccc(NC(=S)NC(=O)c2ccco2)c1. The van der Waals surface area contributed by atoms with Crippen molar-refractivity contribution in [2.45, 2.75) is 12.8 Å². The van der Waals surface area contributed by atoms with Crippen molar-refractivity contribution in [2.24, 2.45) is 0 Å². The van der Waals surface area contributed by atoms with Gasteiger partial charge >= 0.3 is 0 Å². The number of thiocarbonyl (C=S) groups is 1. The Labute approximate surface area is 167 Å². The Morgan fingerprint density at radius 1 is 0.893 bits per heavy atom. The van der Waals surface area contributed by atoms with Crippen LogP contribution in [0.25, 0.3) is 0 Å². The van der Waals surface area contributed by atoms with E-state index in [4.69, 9.17) is 16.6 Å². The molecule has 142 valence electrons. The highest BCUT2D eigenvalue weighted by Gasteiger charge is 2.10. The Morgan fingerprint density at radius 2 is 1.64 bits per heavy atom. The van der Waals surface area contributed by atoms with E-state index in [0.29, 0.717) is 24.2 Å². The average Bonchev–Trinajstić information content (AvgIpc) is 3.22. The van der Waals surface area contributed by atoms with Crippen LogP contribution in [-0.2, 0) is 11.2 Å². The topological polar surface area (TPSA) is 83.4 Å². The van der Waals surface area contributed by atoms with Crippen molar-refractivity contribution in [3.63, 3.8) is 0 Å². The normalized spacial score (nSPS) is 10.1. The molecule has 0 aliphatic carbocycles. The summed E-state index contributed by atoms with van der Waals surface area (Å²) in [6.45, 7) is 0. The lowest BCUT2D eigenvalue weighted by atomic mass is 10.1. The zero-order valence-electron chi connectivity index (χ0n) is 15.0. The van der Waals surface area contributed by atoms with Crippen LogP contribution in [0.3, 0.4) is 0 Å². The minimum atomic E-state index is -0.437. The van der Waals surface area contributed by atoms with Crippen molar-refractivity contribution in [3.8, 4) is 0 Å². The molecule has 0 radical (unpaired) electrons. The number of aryl methyl sites for hydroxylation is 1. The standard InChI is InChI=1S/C21H19N3O3S/c25-19(12-11-15-6-2-1-3-7-15)22-16-8-4-9-17(14-16)23-21(28)24-20(26)18-10-5-13-27-18/h1-10,13-14H,11-12H2,(H,22,25)(H2,23,24,26,28). The summed E-state index contributed by atoms with van der Waals surface area (Å²) in [4.78, 5) is 24.1. The molecule has 2 amide bonds. The van der Waals surface area contributed by atoms with Crippen molar-refractivity contribution in [3.05, 3.63) is 84.3 Å². The van der Waals surface area contributed by atoms with Gasteiger partial charge in [-0.05, 0) is 54.5 Å². The minimum absolute atomic E-state index is 0.0744. The molecule has 3 aromatic rings. The lowest BCUT2D eigenvalue weighted by molar-refractivity contribution is -0.116. The fraction of sp³-hybridized carbons (Fsp3) is 0.0952. The number of anilines is 2. The van der Waals surface area contributed by atoms with Gasteiger partial charge in [-0.3, -0.25) is 14.9 Å². The number of rotatable bonds is 6. The van der Waals surface area contributed by atoms with Gasteiger partial charge in [0.25, 0.3) is 5.91 Å². The smallest absolute Gasteiger partial charge is 0.293 e. The molecule has 2 aromatic carbocycles. The average molecular weight is 393 g/mol. The highest BCUT2D eigenvalue weighted by Crippen LogP contribution is 2.16. The third kappa shape index (κ3) is 5.78. The van der Waals surface area contributed by atoms with Crippen LogP contribution < -0.4 is 16.0 Å². The first-order valence-corrected chi connectivity index (χ1v) is 9.10. The molecule has 0 aliphatic heterocycles. The molecule has 0 saturated heterocycles. The van der Waals surface area contributed by atoms with Gasteiger partial charge in [0.2, 0.25) is 5.91 Å². The van der Waals surface area contributed by atoms with Gasteiger partial charge in [0, 0.05) is 17.8 Å². The Morgan fingerprint density at radius 3 is 2.36 bits per heavy atom. The quantitative estimate of drug-likeness (QED) is 0.552. The summed E-state index contributed by atoms with van der Waals surface area (Å²) in [6.07, 6.45) is 2.47. The highest BCUT2D eigenvalue weighted by atomic mass is 32.1. The van der Waals surface area contributed by atoms with E-state index >= 15 is 0 Å². The maximum atomic E-state index is 12.2. The van der Waals surface area contributed by atoms with E-state index in [9.17, 15) is 9.59 Å².